The van der Waals surface area contributed by atoms with E-state index in [1.54, 1.807) is 0 Å². The highest BCUT2D eigenvalue weighted by Gasteiger charge is 2.18. The molecular formula is C14H21O. The van der Waals surface area contributed by atoms with Crippen molar-refractivity contribution in [1.29, 1.82) is 0 Å². The summed E-state index contributed by atoms with van der Waals surface area (Å²) in [4.78, 5) is 0. The first-order chi connectivity index (χ1) is 7.05. The molecule has 0 saturated heterocycles. The highest BCUT2D eigenvalue weighted by molar-refractivity contribution is 5.37. The molecule has 1 nitrogen and oxygen atoms in total. The predicted octanol–water partition coefficient (Wildman–Crippen LogP) is 3.96. The number of para-hydroxylation sites is 1. The number of hydrogen-bond donors (Lipinski definition) is 0. The van der Waals surface area contributed by atoms with Gasteiger partial charge in [-0.1, -0.05) is 52.3 Å². The third kappa shape index (κ3) is 3.58. The van der Waals surface area contributed by atoms with Gasteiger partial charge in [0.05, 0.1) is 6.61 Å². The summed E-state index contributed by atoms with van der Waals surface area (Å²) < 4.78 is 5.75. The molecule has 0 amide bonds. The Labute approximate surface area is 93.5 Å². The molecule has 1 rings (SSSR count). The predicted molar refractivity (Wildman–Crippen MR) is 64.4 cm³/mol. The summed E-state index contributed by atoms with van der Waals surface area (Å²) >= 11 is 0. The van der Waals surface area contributed by atoms with Gasteiger partial charge in [-0.2, -0.15) is 0 Å². The van der Waals surface area contributed by atoms with E-state index in [2.05, 4.69) is 39.8 Å². The normalized spacial score (nSPS) is 11.5. The van der Waals surface area contributed by atoms with Crippen LogP contribution in [-0.2, 0) is 5.41 Å². The molecule has 0 saturated carbocycles. The third-order valence-corrected chi connectivity index (χ3v) is 2.37. The van der Waals surface area contributed by atoms with Crippen LogP contribution in [0.25, 0.3) is 0 Å². The summed E-state index contributed by atoms with van der Waals surface area (Å²) in [5.41, 5.74) is 1.36. The standard InChI is InChI=1S/C14H21O/c1-5-6-11-15-13-10-8-7-9-12(13)14(2,3)4/h7-9H,5-6,11H2,1-4H3. The van der Waals surface area contributed by atoms with Crippen LogP contribution in [0.1, 0.15) is 46.1 Å². The number of unbranched alkanes of at least 4 members (excludes halogenated alkanes) is 1. The van der Waals surface area contributed by atoms with Gasteiger partial charge in [0, 0.05) is 11.6 Å². The molecule has 0 aliphatic carbocycles. The summed E-state index contributed by atoms with van der Waals surface area (Å²) in [5, 5.41) is 0. The van der Waals surface area contributed by atoms with E-state index in [0.717, 1.165) is 25.2 Å². The number of rotatable bonds is 4. The monoisotopic (exact) mass is 205 g/mol. The molecule has 0 aliphatic heterocycles. The molecule has 15 heavy (non-hydrogen) atoms. The molecule has 0 atom stereocenters. The molecule has 83 valence electrons. The van der Waals surface area contributed by atoms with E-state index in [1.165, 1.54) is 5.56 Å². The van der Waals surface area contributed by atoms with Gasteiger partial charge in [0.2, 0.25) is 0 Å². The smallest absolute Gasteiger partial charge is 0.130 e. The Kier molecular flexibility index (Phi) is 4.19. The SMILES string of the molecule is CCCCOc1[c]cccc1C(C)(C)C. The molecule has 1 radical (unpaired) electrons. The number of ether oxygens (including phenoxy) is 1. The maximum absolute atomic E-state index is 5.75. The van der Waals surface area contributed by atoms with Gasteiger partial charge in [-0.3, -0.25) is 0 Å². The first-order valence-corrected chi connectivity index (χ1v) is 5.69. The van der Waals surface area contributed by atoms with Gasteiger partial charge in [0.1, 0.15) is 5.75 Å². The van der Waals surface area contributed by atoms with Crippen LogP contribution in [-0.4, -0.2) is 6.61 Å². The lowest BCUT2D eigenvalue weighted by Gasteiger charge is -2.22. The fourth-order valence-corrected chi connectivity index (χ4v) is 1.45. The Morgan fingerprint density at radius 1 is 1.33 bits per heavy atom. The van der Waals surface area contributed by atoms with Crippen LogP contribution in [0.2, 0.25) is 0 Å². The average Bonchev–Trinajstić information content (AvgIpc) is 2.17. The van der Waals surface area contributed by atoms with Crippen molar-refractivity contribution in [3.8, 4) is 5.75 Å². The van der Waals surface area contributed by atoms with Crippen LogP contribution in [0.5, 0.6) is 5.75 Å². The summed E-state index contributed by atoms with van der Waals surface area (Å²) in [6.07, 6.45) is 2.27. The zero-order valence-corrected chi connectivity index (χ0v) is 10.3. The van der Waals surface area contributed by atoms with E-state index in [1.807, 2.05) is 12.1 Å². The molecule has 0 heterocycles. The Balaban J connectivity index is 2.78. The van der Waals surface area contributed by atoms with E-state index in [4.69, 9.17) is 4.74 Å². The fraction of sp³-hybridized carbons (Fsp3) is 0.571. The van der Waals surface area contributed by atoms with Crippen LogP contribution in [0.4, 0.5) is 0 Å². The van der Waals surface area contributed by atoms with Crippen LogP contribution in [0, 0.1) is 6.07 Å². The number of hydrogen-bond acceptors (Lipinski definition) is 1. The van der Waals surface area contributed by atoms with E-state index in [0.29, 0.717) is 0 Å². The molecule has 0 spiro atoms. The molecule has 0 N–H and O–H groups in total. The van der Waals surface area contributed by atoms with Gasteiger partial charge in [0.25, 0.3) is 0 Å². The lowest BCUT2D eigenvalue weighted by Crippen LogP contribution is -2.13. The Hall–Kier alpha value is -0.980. The van der Waals surface area contributed by atoms with Crippen LogP contribution in [0.15, 0.2) is 18.2 Å². The van der Waals surface area contributed by atoms with Crippen molar-refractivity contribution in [3.05, 3.63) is 29.8 Å². The second kappa shape index (κ2) is 5.20. The molecule has 0 aromatic heterocycles. The van der Waals surface area contributed by atoms with Crippen LogP contribution >= 0.6 is 0 Å². The highest BCUT2D eigenvalue weighted by atomic mass is 16.5. The van der Waals surface area contributed by atoms with E-state index in [-0.39, 0.29) is 5.41 Å². The summed E-state index contributed by atoms with van der Waals surface area (Å²) in [6.45, 7) is 9.55. The van der Waals surface area contributed by atoms with Crippen molar-refractivity contribution in [2.24, 2.45) is 0 Å². The summed E-state index contributed by atoms with van der Waals surface area (Å²) in [5.74, 6) is 0.915. The van der Waals surface area contributed by atoms with E-state index < -0.39 is 0 Å². The van der Waals surface area contributed by atoms with Crippen molar-refractivity contribution in [1.82, 2.24) is 0 Å². The van der Waals surface area contributed by atoms with Crippen molar-refractivity contribution in [2.75, 3.05) is 6.61 Å². The molecule has 0 fully saturated rings. The Bertz CT molecular complexity index is 296. The highest BCUT2D eigenvalue weighted by Crippen LogP contribution is 2.30. The Morgan fingerprint density at radius 3 is 2.67 bits per heavy atom. The second-order valence-electron chi connectivity index (χ2n) is 4.86. The molecule has 0 bridgehead atoms. The van der Waals surface area contributed by atoms with Crippen LogP contribution in [0.3, 0.4) is 0 Å². The molecule has 0 unspecified atom stereocenters. The van der Waals surface area contributed by atoms with Gasteiger partial charge >= 0.3 is 0 Å². The van der Waals surface area contributed by atoms with Gasteiger partial charge in [-0.05, 0) is 11.8 Å². The minimum absolute atomic E-state index is 0.124. The first kappa shape index (κ1) is 12.1. The Morgan fingerprint density at radius 2 is 2.07 bits per heavy atom. The third-order valence-electron chi connectivity index (χ3n) is 2.37. The van der Waals surface area contributed by atoms with Gasteiger partial charge < -0.3 is 4.74 Å². The second-order valence-corrected chi connectivity index (χ2v) is 4.86. The minimum Gasteiger partial charge on any atom is -0.493 e. The minimum atomic E-state index is 0.124. The molecule has 1 aromatic rings. The van der Waals surface area contributed by atoms with Crippen molar-refractivity contribution in [2.45, 2.75) is 46.0 Å². The fourth-order valence-electron chi connectivity index (χ4n) is 1.45. The zero-order chi connectivity index (χ0) is 11.3. The van der Waals surface area contributed by atoms with Crippen molar-refractivity contribution in [3.63, 3.8) is 0 Å². The average molecular weight is 205 g/mol. The number of benzene rings is 1. The zero-order valence-electron chi connectivity index (χ0n) is 10.3. The maximum Gasteiger partial charge on any atom is 0.130 e. The van der Waals surface area contributed by atoms with Gasteiger partial charge in [-0.15, -0.1) is 0 Å². The lowest BCUT2D eigenvalue weighted by atomic mass is 9.86. The molecule has 1 aromatic carbocycles. The molecular weight excluding hydrogens is 184 g/mol. The molecule has 0 aliphatic rings. The summed E-state index contributed by atoms with van der Waals surface area (Å²) in [6, 6.07) is 9.24. The van der Waals surface area contributed by atoms with Gasteiger partial charge in [0.15, 0.2) is 0 Å². The maximum atomic E-state index is 5.75. The first-order valence-electron chi connectivity index (χ1n) is 5.69. The largest absolute Gasteiger partial charge is 0.493 e. The van der Waals surface area contributed by atoms with E-state index in [9.17, 15) is 0 Å². The van der Waals surface area contributed by atoms with Gasteiger partial charge in [-0.25, -0.2) is 0 Å². The van der Waals surface area contributed by atoms with E-state index >= 15 is 0 Å². The van der Waals surface area contributed by atoms with Crippen molar-refractivity contribution < 1.29 is 4.74 Å². The van der Waals surface area contributed by atoms with Crippen LogP contribution < -0.4 is 4.74 Å². The lowest BCUT2D eigenvalue weighted by molar-refractivity contribution is 0.300. The summed E-state index contributed by atoms with van der Waals surface area (Å²) in [7, 11) is 0. The topological polar surface area (TPSA) is 9.23 Å². The quantitative estimate of drug-likeness (QED) is 0.676. The van der Waals surface area contributed by atoms with Crippen molar-refractivity contribution >= 4 is 0 Å². The molecule has 1 heteroatoms.